The highest BCUT2D eigenvalue weighted by Crippen LogP contribution is 2.36. The van der Waals surface area contributed by atoms with Gasteiger partial charge in [0.25, 0.3) is 0 Å². The van der Waals surface area contributed by atoms with Gasteiger partial charge in [-0.1, -0.05) is 72.8 Å². The molecule has 6 heteroatoms. The second-order valence-corrected chi connectivity index (χ2v) is 11.6. The van der Waals surface area contributed by atoms with E-state index < -0.39 is 0 Å². The molecule has 0 spiro atoms. The third-order valence-corrected chi connectivity index (χ3v) is 8.58. The summed E-state index contributed by atoms with van der Waals surface area (Å²) in [5.41, 5.74) is 5.72. The number of carbonyl (C=O) groups excluding carboxylic acids is 1. The smallest absolute Gasteiger partial charge is 0.220 e. The molecule has 6 rings (SSSR count). The van der Waals surface area contributed by atoms with Crippen LogP contribution in [0.15, 0.2) is 109 Å². The molecular formula is C38H41N3O3. The van der Waals surface area contributed by atoms with Gasteiger partial charge in [-0.3, -0.25) is 4.79 Å². The van der Waals surface area contributed by atoms with E-state index in [0.29, 0.717) is 19.6 Å². The summed E-state index contributed by atoms with van der Waals surface area (Å²) in [6.45, 7) is 5.09. The van der Waals surface area contributed by atoms with Crippen LogP contribution >= 0.6 is 0 Å². The lowest BCUT2D eigenvalue weighted by Gasteiger charge is -2.19. The fraction of sp³-hybridized carbons (Fsp3) is 0.289. The molecule has 6 nitrogen and oxygen atoms in total. The van der Waals surface area contributed by atoms with E-state index in [1.807, 2.05) is 42.5 Å². The zero-order valence-electron chi connectivity index (χ0n) is 25.5. The van der Waals surface area contributed by atoms with Crippen molar-refractivity contribution >= 4 is 16.8 Å². The highest BCUT2D eigenvalue weighted by atomic mass is 16.5. The van der Waals surface area contributed by atoms with Gasteiger partial charge in [-0.15, -0.1) is 0 Å². The van der Waals surface area contributed by atoms with E-state index in [9.17, 15) is 4.79 Å². The minimum absolute atomic E-state index is 0.0746. The monoisotopic (exact) mass is 587 g/mol. The molecule has 0 radical (unpaired) electrons. The van der Waals surface area contributed by atoms with Crippen LogP contribution in [0.3, 0.4) is 0 Å². The van der Waals surface area contributed by atoms with Crippen molar-refractivity contribution in [1.82, 2.24) is 14.8 Å². The first-order chi connectivity index (χ1) is 21.7. The topological polar surface area (TPSA) is 55.7 Å². The van der Waals surface area contributed by atoms with Gasteiger partial charge in [-0.25, -0.2) is 0 Å². The van der Waals surface area contributed by atoms with E-state index in [1.54, 1.807) is 7.11 Å². The average Bonchev–Trinajstić information content (AvgIpc) is 3.72. The van der Waals surface area contributed by atoms with Crippen LogP contribution in [0.4, 0.5) is 0 Å². The van der Waals surface area contributed by atoms with Crippen LogP contribution in [-0.2, 0) is 17.9 Å². The predicted octanol–water partition coefficient (Wildman–Crippen LogP) is 7.01. The van der Waals surface area contributed by atoms with Crippen molar-refractivity contribution < 1.29 is 14.3 Å². The summed E-state index contributed by atoms with van der Waals surface area (Å²) < 4.78 is 13.7. The van der Waals surface area contributed by atoms with E-state index in [1.165, 1.54) is 23.8 Å². The Hall–Kier alpha value is -4.55. The molecule has 1 fully saturated rings. The van der Waals surface area contributed by atoms with Gasteiger partial charge in [0.15, 0.2) is 0 Å². The number of ether oxygens (including phenoxy) is 2. The lowest BCUT2D eigenvalue weighted by atomic mass is 9.88. The molecule has 1 atom stereocenters. The van der Waals surface area contributed by atoms with Gasteiger partial charge in [-0.05, 0) is 78.5 Å². The molecule has 4 aromatic carbocycles. The Bertz CT molecular complexity index is 1640. The van der Waals surface area contributed by atoms with Crippen LogP contribution in [0.2, 0.25) is 0 Å². The number of likely N-dealkylation sites (tertiary alicyclic amines) is 1. The molecule has 0 saturated carbocycles. The Morgan fingerprint density at radius 2 is 1.52 bits per heavy atom. The third kappa shape index (κ3) is 7.32. The molecule has 2 heterocycles. The molecule has 226 valence electrons. The summed E-state index contributed by atoms with van der Waals surface area (Å²) in [5, 5.41) is 4.38. The van der Waals surface area contributed by atoms with Crippen molar-refractivity contribution in [2.45, 2.75) is 38.3 Å². The maximum absolute atomic E-state index is 13.4. The molecule has 1 aliphatic rings. The second kappa shape index (κ2) is 14.3. The number of rotatable bonds is 13. The van der Waals surface area contributed by atoms with Crippen molar-refractivity contribution in [1.29, 1.82) is 0 Å². The van der Waals surface area contributed by atoms with E-state index in [4.69, 9.17) is 9.47 Å². The first-order valence-corrected chi connectivity index (χ1v) is 15.6. The summed E-state index contributed by atoms with van der Waals surface area (Å²) in [6, 6.07) is 35.1. The van der Waals surface area contributed by atoms with Crippen molar-refractivity contribution in [3.63, 3.8) is 0 Å². The lowest BCUT2D eigenvalue weighted by Crippen LogP contribution is -2.34. The Kier molecular flexibility index (Phi) is 9.58. The number of nitrogens with zero attached hydrogens (tertiary/aromatic N) is 2. The number of para-hydroxylation sites is 1. The van der Waals surface area contributed by atoms with Crippen LogP contribution in [0.5, 0.6) is 11.5 Å². The van der Waals surface area contributed by atoms with Gasteiger partial charge in [0.1, 0.15) is 18.1 Å². The first-order valence-electron chi connectivity index (χ1n) is 15.6. The van der Waals surface area contributed by atoms with Crippen molar-refractivity contribution in [2.75, 3.05) is 33.3 Å². The summed E-state index contributed by atoms with van der Waals surface area (Å²) in [4.78, 5) is 15.9. The van der Waals surface area contributed by atoms with Gasteiger partial charge in [0.2, 0.25) is 5.91 Å². The summed E-state index contributed by atoms with van der Waals surface area (Å²) >= 11 is 0. The molecule has 44 heavy (non-hydrogen) atoms. The fourth-order valence-corrected chi connectivity index (χ4v) is 6.17. The van der Waals surface area contributed by atoms with Gasteiger partial charge in [0, 0.05) is 49.1 Å². The zero-order chi connectivity index (χ0) is 30.1. The number of hydrogen-bond acceptors (Lipinski definition) is 4. The Morgan fingerprint density at radius 3 is 2.27 bits per heavy atom. The molecule has 0 unspecified atom stereocenters. The minimum atomic E-state index is -0.105. The van der Waals surface area contributed by atoms with Gasteiger partial charge in [-0.2, -0.15) is 0 Å². The van der Waals surface area contributed by atoms with Gasteiger partial charge in [0.05, 0.1) is 7.11 Å². The first kappa shape index (κ1) is 29.5. The number of aromatic nitrogens is 1. The van der Waals surface area contributed by atoms with Crippen LogP contribution < -0.4 is 14.8 Å². The summed E-state index contributed by atoms with van der Waals surface area (Å²) in [6.07, 6.45) is 5.11. The van der Waals surface area contributed by atoms with Crippen LogP contribution in [0.1, 0.15) is 47.4 Å². The average molecular weight is 588 g/mol. The largest absolute Gasteiger partial charge is 0.497 e. The molecule has 1 aromatic heterocycles. The number of nitrogens with one attached hydrogen (secondary N) is 1. The Labute approximate surface area is 260 Å². The third-order valence-electron chi connectivity index (χ3n) is 8.58. The summed E-state index contributed by atoms with van der Waals surface area (Å²) in [7, 11) is 1.69. The molecule has 1 aliphatic heterocycles. The quantitative estimate of drug-likeness (QED) is 0.161. The number of carbonyl (C=O) groups is 1. The maximum Gasteiger partial charge on any atom is 0.220 e. The molecule has 1 amide bonds. The Morgan fingerprint density at radius 1 is 0.818 bits per heavy atom. The number of amides is 1. The van der Waals surface area contributed by atoms with E-state index in [-0.39, 0.29) is 11.8 Å². The second-order valence-electron chi connectivity index (χ2n) is 11.6. The van der Waals surface area contributed by atoms with Crippen molar-refractivity contribution in [2.24, 2.45) is 0 Å². The molecule has 5 aromatic rings. The predicted molar refractivity (Wildman–Crippen MR) is 176 cm³/mol. The molecule has 0 bridgehead atoms. The molecule has 1 N–H and O–H groups in total. The van der Waals surface area contributed by atoms with Crippen LogP contribution in [0, 0.1) is 0 Å². The Balaban J connectivity index is 1.26. The van der Waals surface area contributed by atoms with Gasteiger partial charge >= 0.3 is 0 Å². The highest BCUT2D eigenvalue weighted by Gasteiger charge is 2.23. The zero-order valence-corrected chi connectivity index (χ0v) is 25.5. The standard InChI is InChI=1S/C38H41N3O3/c1-43-32-17-13-29(14-18-32)26-41-27-36(34-11-5-6-12-37(34)41)35(25-38(42)39-21-24-40-22-7-8-23-40)31-15-19-33(20-16-31)44-28-30-9-3-2-4-10-30/h2-6,9-20,27,35H,7-8,21-26,28H2,1H3,(H,39,42)/t35-/m0/s1. The SMILES string of the molecule is COc1ccc(Cn2cc([C@@H](CC(=O)NCCN3CCCC3)c3ccc(OCc4ccccc4)cc3)c3ccccc32)cc1. The molecular weight excluding hydrogens is 546 g/mol. The fourth-order valence-electron chi connectivity index (χ4n) is 6.17. The van der Waals surface area contributed by atoms with E-state index in [0.717, 1.165) is 59.9 Å². The maximum atomic E-state index is 13.4. The van der Waals surface area contributed by atoms with Crippen LogP contribution in [0.25, 0.3) is 10.9 Å². The number of fused-ring (bicyclic) bond motifs is 1. The minimum Gasteiger partial charge on any atom is -0.497 e. The molecule has 0 aliphatic carbocycles. The van der Waals surface area contributed by atoms with E-state index >= 15 is 0 Å². The van der Waals surface area contributed by atoms with E-state index in [2.05, 4.69) is 81.6 Å². The lowest BCUT2D eigenvalue weighted by molar-refractivity contribution is -0.121. The normalized spacial score (nSPS) is 14.0. The highest BCUT2D eigenvalue weighted by molar-refractivity contribution is 5.87. The number of benzene rings is 4. The van der Waals surface area contributed by atoms with Crippen LogP contribution in [-0.4, -0.2) is 48.7 Å². The summed E-state index contributed by atoms with van der Waals surface area (Å²) in [5.74, 6) is 1.63. The van der Waals surface area contributed by atoms with Crippen molar-refractivity contribution in [3.05, 3.63) is 132 Å². The van der Waals surface area contributed by atoms with Crippen molar-refractivity contribution in [3.8, 4) is 11.5 Å². The van der Waals surface area contributed by atoms with Gasteiger partial charge < -0.3 is 24.3 Å². The number of methoxy groups -OCH3 is 1. The molecule has 1 saturated heterocycles. The number of hydrogen-bond donors (Lipinski definition) is 1.